The first-order valence-corrected chi connectivity index (χ1v) is 9.95. The number of anilines is 1. The summed E-state index contributed by atoms with van der Waals surface area (Å²) in [7, 11) is 0. The molecule has 27 heavy (non-hydrogen) atoms. The lowest BCUT2D eigenvalue weighted by atomic mass is 10.1. The van der Waals surface area contributed by atoms with Crippen LogP contribution in [0.15, 0.2) is 36.4 Å². The van der Waals surface area contributed by atoms with Gasteiger partial charge in [-0.05, 0) is 44.0 Å². The summed E-state index contributed by atoms with van der Waals surface area (Å²) in [4.78, 5) is 39.1. The van der Waals surface area contributed by atoms with E-state index in [1.54, 1.807) is 24.0 Å². The molecule has 2 atom stereocenters. The fourth-order valence-corrected chi connectivity index (χ4v) is 4.22. The standard InChI is InChI=1S/C20H20ClNO4S/c1-12-11-14-5-3-4-6-15(14)22(12)20(25)13(2)26-19(24)10-7-16(23)17-8-9-18(21)27-17/h3-6,8-9,12-13H,7,10-11H2,1-2H3/t12-,13+/m0/s1. The van der Waals surface area contributed by atoms with E-state index in [-0.39, 0.29) is 30.6 Å². The Balaban J connectivity index is 1.55. The first kappa shape index (κ1) is 19.6. The van der Waals surface area contributed by atoms with Crippen LogP contribution < -0.4 is 4.90 Å². The molecule has 7 heteroatoms. The normalized spacial score (nSPS) is 16.7. The highest BCUT2D eigenvalue weighted by Crippen LogP contribution is 2.32. The highest BCUT2D eigenvalue weighted by Gasteiger charge is 2.34. The number of hydrogen-bond donors (Lipinski definition) is 0. The van der Waals surface area contributed by atoms with Crippen molar-refractivity contribution in [1.29, 1.82) is 0 Å². The Kier molecular flexibility index (Phi) is 5.97. The Hall–Kier alpha value is -2.18. The van der Waals surface area contributed by atoms with Gasteiger partial charge in [-0.1, -0.05) is 29.8 Å². The summed E-state index contributed by atoms with van der Waals surface area (Å²) in [5.74, 6) is -0.978. The van der Waals surface area contributed by atoms with Gasteiger partial charge in [0.2, 0.25) is 0 Å². The number of ketones is 1. The molecule has 142 valence electrons. The summed E-state index contributed by atoms with van der Waals surface area (Å²) in [6.45, 7) is 3.53. The lowest BCUT2D eigenvalue weighted by Crippen LogP contribution is -2.43. The zero-order valence-corrected chi connectivity index (χ0v) is 16.7. The number of fused-ring (bicyclic) bond motifs is 1. The van der Waals surface area contributed by atoms with Gasteiger partial charge in [-0.3, -0.25) is 14.4 Å². The molecule has 0 saturated heterocycles. The molecule has 1 aromatic carbocycles. The van der Waals surface area contributed by atoms with Crippen LogP contribution in [0.1, 0.15) is 41.9 Å². The van der Waals surface area contributed by atoms with Crippen molar-refractivity contribution >= 4 is 46.3 Å². The fraction of sp³-hybridized carbons (Fsp3) is 0.350. The molecule has 0 unspecified atom stereocenters. The Morgan fingerprint density at radius 3 is 2.67 bits per heavy atom. The van der Waals surface area contributed by atoms with Gasteiger partial charge in [0.05, 0.1) is 15.6 Å². The van der Waals surface area contributed by atoms with Crippen molar-refractivity contribution in [2.24, 2.45) is 0 Å². The minimum atomic E-state index is -0.905. The number of thiophene rings is 1. The van der Waals surface area contributed by atoms with Crippen molar-refractivity contribution in [2.45, 2.75) is 45.3 Å². The maximum absolute atomic E-state index is 12.8. The van der Waals surface area contributed by atoms with Crippen molar-refractivity contribution in [3.8, 4) is 0 Å². The summed E-state index contributed by atoms with van der Waals surface area (Å²) in [5.41, 5.74) is 1.97. The highest BCUT2D eigenvalue weighted by molar-refractivity contribution is 7.18. The summed E-state index contributed by atoms with van der Waals surface area (Å²) in [5, 5.41) is 0. The number of Topliss-reactive ketones (excluding diaryl/α,β-unsaturated/α-hetero) is 1. The summed E-state index contributed by atoms with van der Waals surface area (Å²) < 4.78 is 5.80. The van der Waals surface area contributed by atoms with Crippen LogP contribution >= 0.6 is 22.9 Å². The number of ether oxygens (including phenoxy) is 1. The summed E-state index contributed by atoms with van der Waals surface area (Å²) >= 11 is 6.99. The second-order valence-corrected chi connectivity index (χ2v) is 8.26. The van der Waals surface area contributed by atoms with E-state index in [0.717, 1.165) is 17.7 Å². The van der Waals surface area contributed by atoms with Crippen LogP contribution in [-0.2, 0) is 20.7 Å². The van der Waals surface area contributed by atoms with Crippen molar-refractivity contribution in [3.05, 3.63) is 51.2 Å². The average molecular weight is 406 g/mol. The molecule has 3 rings (SSSR count). The van der Waals surface area contributed by atoms with Gasteiger partial charge in [-0.15, -0.1) is 11.3 Å². The molecule has 0 N–H and O–H groups in total. The summed E-state index contributed by atoms with van der Waals surface area (Å²) in [6, 6.07) is 11.0. The predicted octanol–water partition coefficient (Wildman–Crippen LogP) is 4.27. The predicted molar refractivity (Wildman–Crippen MR) is 106 cm³/mol. The maximum Gasteiger partial charge on any atom is 0.307 e. The summed E-state index contributed by atoms with van der Waals surface area (Å²) in [6.07, 6.45) is -0.171. The minimum Gasteiger partial charge on any atom is -0.453 e. The number of amides is 1. The van der Waals surface area contributed by atoms with Crippen LogP contribution in [0.25, 0.3) is 0 Å². The van der Waals surface area contributed by atoms with Gasteiger partial charge in [-0.25, -0.2) is 0 Å². The zero-order chi connectivity index (χ0) is 19.6. The molecular weight excluding hydrogens is 386 g/mol. The molecule has 0 fully saturated rings. The van der Waals surface area contributed by atoms with E-state index in [9.17, 15) is 14.4 Å². The average Bonchev–Trinajstić information content (AvgIpc) is 3.21. The first-order valence-electron chi connectivity index (χ1n) is 8.76. The van der Waals surface area contributed by atoms with Crippen molar-refractivity contribution in [3.63, 3.8) is 0 Å². The molecule has 0 saturated carbocycles. The van der Waals surface area contributed by atoms with Crippen LogP contribution in [-0.4, -0.2) is 29.8 Å². The molecule has 2 heterocycles. The van der Waals surface area contributed by atoms with Gasteiger partial charge in [0, 0.05) is 18.2 Å². The molecule has 5 nitrogen and oxygen atoms in total. The largest absolute Gasteiger partial charge is 0.453 e. The molecule has 0 radical (unpaired) electrons. The molecule has 1 amide bonds. The van der Waals surface area contributed by atoms with Crippen LogP contribution in [0, 0.1) is 0 Å². The van der Waals surface area contributed by atoms with Crippen LogP contribution in [0.2, 0.25) is 4.34 Å². The maximum atomic E-state index is 12.8. The van der Waals surface area contributed by atoms with Gasteiger partial charge in [0.25, 0.3) is 5.91 Å². The Bertz CT molecular complexity index is 878. The third-order valence-corrected chi connectivity index (χ3v) is 5.78. The molecule has 0 spiro atoms. The van der Waals surface area contributed by atoms with Crippen LogP contribution in [0.4, 0.5) is 5.69 Å². The van der Waals surface area contributed by atoms with Crippen molar-refractivity contribution in [1.82, 2.24) is 0 Å². The van der Waals surface area contributed by atoms with Crippen molar-refractivity contribution in [2.75, 3.05) is 4.90 Å². The third kappa shape index (κ3) is 4.39. The number of carbonyl (C=O) groups is 3. The molecule has 0 bridgehead atoms. The van der Waals surface area contributed by atoms with E-state index in [2.05, 4.69) is 0 Å². The van der Waals surface area contributed by atoms with Gasteiger partial charge in [0.15, 0.2) is 11.9 Å². The fourth-order valence-electron chi connectivity index (χ4n) is 3.21. The number of hydrogen-bond acceptors (Lipinski definition) is 5. The number of carbonyl (C=O) groups excluding carboxylic acids is 3. The zero-order valence-electron chi connectivity index (χ0n) is 15.1. The minimum absolute atomic E-state index is 0.0150. The number of benzene rings is 1. The van der Waals surface area contributed by atoms with Crippen LogP contribution in [0.3, 0.4) is 0 Å². The van der Waals surface area contributed by atoms with E-state index in [0.29, 0.717) is 9.21 Å². The number of esters is 1. The third-order valence-electron chi connectivity index (χ3n) is 4.50. The monoisotopic (exact) mass is 405 g/mol. The smallest absolute Gasteiger partial charge is 0.307 e. The number of halogens is 1. The van der Waals surface area contributed by atoms with Gasteiger partial charge < -0.3 is 9.64 Å². The highest BCUT2D eigenvalue weighted by atomic mass is 35.5. The van der Waals surface area contributed by atoms with Gasteiger partial charge in [-0.2, -0.15) is 0 Å². The first-order chi connectivity index (χ1) is 12.9. The lowest BCUT2D eigenvalue weighted by Gasteiger charge is -2.25. The topological polar surface area (TPSA) is 63.7 Å². The second-order valence-electron chi connectivity index (χ2n) is 6.55. The van der Waals surface area contributed by atoms with Gasteiger partial charge >= 0.3 is 5.97 Å². The van der Waals surface area contributed by atoms with Gasteiger partial charge in [0.1, 0.15) is 0 Å². The number of rotatable bonds is 6. The molecule has 0 aliphatic carbocycles. The lowest BCUT2D eigenvalue weighted by molar-refractivity contribution is -0.153. The van der Waals surface area contributed by atoms with E-state index < -0.39 is 12.1 Å². The van der Waals surface area contributed by atoms with E-state index in [1.807, 2.05) is 31.2 Å². The van der Waals surface area contributed by atoms with Crippen molar-refractivity contribution < 1.29 is 19.1 Å². The van der Waals surface area contributed by atoms with Crippen LogP contribution in [0.5, 0.6) is 0 Å². The molecule has 1 aromatic heterocycles. The molecular formula is C20H20ClNO4S. The Morgan fingerprint density at radius 1 is 1.22 bits per heavy atom. The van der Waals surface area contributed by atoms with E-state index in [4.69, 9.17) is 16.3 Å². The van der Waals surface area contributed by atoms with E-state index in [1.165, 1.54) is 11.3 Å². The number of para-hydroxylation sites is 1. The SMILES string of the molecule is C[C@@H](OC(=O)CCC(=O)c1ccc(Cl)s1)C(=O)N1c2ccccc2C[C@@H]1C. The van der Waals surface area contributed by atoms with E-state index >= 15 is 0 Å². The Morgan fingerprint density at radius 2 is 1.96 bits per heavy atom. The number of nitrogens with zero attached hydrogens (tertiary/aromatic N) is 1. The molecule has 1 aliphatic rings. The molecule has 1 aliphatic heterocycles. The molecule has 2 aromatic rings. The Labute approximate surface area is 166 Å². The second kappa shape index (κ2) is 8.23. The quantitative estimate of drug-likeness (QED) is 0.531.